The number of esters is 1. The van der Waals surface area contributed by atoms with E-state index < -0.39 is 27.4 Å². The molecule has 4 aromatic rings. The van der Waals surface area contributed by atoms with Crippen LogP contribution in [-0.4, -0.2) is 81.6 Å². The molecule has 0 saturated carbocycles. The largest absolute Gasteiger partial charge is 0.465 e. The Bertz CT molecular complexity index is 1580. The van der Waals surface area contributed by atoms with Gasteiger partial charge in [0.15, 0.2) is 0 Å². The number of anilines is 1. The fourth-order valence-corrected chi connectivity index (χ4v) is 5.46. The number of aromatic nitrogens is 5. The Kier molecular flexibility index (Phi) is 7.53. The molecule has 0 atom stereocenters. The number of fused-ring (bicyclic) bond motifs is 1. The zero-order chi connectivity index (χ0) is 28.5. The van der Waals surface area contributed by atoms with E-state index in [0.29, 0.717) is 32.1 Å². The molecule has 0 bridgehead atoms. The molecular weight excluding hydrogens is 533 g/mol. The van der Waals surface area contributed by atoms with Gasteiger partial charge in [0.1, 0.15) is 30.1 Å². The molecule has 12 heteroatoms. The summed E-state index contributed by atoms with van der Waals surface area (Å²) in [6.07, 6.45) is 14.1. The van der Waals surface area contributed by atoms with Gasteiger partial charge in [-0.05, 0) is 43.0 Å². The quantitative estimate of drug-likeness (QED) is 0.209. The fraction of sp³-hybridized carbons (Fsp3) is 0.393. The predicted octanol–water partition coefficient (Wildman–Crippen LogP) is 4.02. The predicted molar refractivity (Wildman–Crippen MR) is 153 cm³/mol. The lowest BCUT2D eigenvalue weighted by Gasteiger charge is -2.50. The first-order chi connectivity index (χ1) is 19.1. The van der Waals surface area contributed by atoms with E-state index >= 15 is 0 Å². The average Bonchev–Trinajstić information content (AvgIpc) is 3.56. The molecule has 1 aliphatic rings. The Morgan fingerprint density at radius 3 is 2.73 bits per heavy atom. The van der Waals surface area contributed by atoms with Gasteiger partial charge in [-0.3, -0.25) is 4.68 Å². The van der Waals surface area contributed by atoms with Gasteiger partial charge in [-0.25, -0.2) is 29.2 Å². The van der Waals surface area contributed by atoms with Crippen LogP contribution in [0.25, 0.3) is 22.3 Å². The van der Waals surface area contributed by atoms with Crippen LogP contribution in [0, 0.1) is 17.1 Å². The Balaban J connectivity index is 1.34. The smallest absolute Gasteiger partial charge is 0.337 e. The molecule has 1 aromatic carbocycles. The van der Waals surface area contributed by atoms with Gasteiger partial charge in [0.05, 0.1) is 49.3 Å². The molecule has 0 aliphatic carbocycles. The van der Waals surface area contributed by atoms with Crippen molar-refractivity contribution in [2.24, 2.45) is 0 Å². The first-order valence-electron chi connectivity index (χ1n) is 12.7. The summed E-state index contributed by atoms with van der Waals surface area (Å²) in [5.41, 5.74) is 2.19. The number of hydrogen-bond acceptors (Lipinski definition) is 8. The zero-order valence-electron chi connectivity index (χ0n) is 23.0. The standard InChI is InChI=1S/C28H32FN7O3S/c1-38-27(37)20-5-6-24(23(29)13-20)35-16-28(17-35,8-9-30)36-15-21(14-33-36)25-22-7-10-34(26(22)32-18-31-25)19-39-11-12-40(2,3)4/h5-7,10,13-15,18H,8,11-12,16-17,19H2,1-4H3. The van der Waals surface area contributed by atoms with Crippen molar-refractivity contribution in [3.63, 3.8) is 0 Å². The van der Waals surface area contributed by atoms with Crippen LogP contribution in [-0.2, 0) is 21.7 Å². The maximum absolute atomic E-state index is 14.8. The maximum Gasteiger partial charge on any atom is 0.337 e. The van der Waals surface area contributed by atoms with Crippen LogP contribution in [0.4, 0.5) is 10.1 Å². The van der Waals surface area contributed by atoms with Crippen molar-refractivity contribution in [1.29, 1.82) is 5.26 Å². The van der Waals surface area contributed by atoms with E-state index in [9.17, 15) is 14.4 Å². The van der Waals surface area contributed by atoms with E-state index in [-0.39, 0.29) is 12.0 Å². The zero-order valence-corrected chi connectivity index (χ0v) is 23.8. The molecule has 0 unspecified atom stereocenters. The molecule has 0 N–H and O–H groups in total. The Morgan fingerprint density at radius 2 is 2.02 bits per heavy atom. The third kappa shape index (κ3) is 5.39. The number of nitrogens with zero attached hydrogens (tertiary/aromatic N) is 7. The number of rotatable bonds is 10. The number of halogens is 1. The van der Waals surface area contributed by atoms with Gasteiger partial charge in [0.2, 0.25) is 0 Å². The van der Waals surface area contributed by atoms with E-state index in [4.69, 9.17) is 4.74 Å². The topological polar surface area (TPSA) is 111 Å². The Labute approximate surface area is 233 Å². The Hall–Kier alpha value is -3.95. The van der Waals surface area contributed by atoms with Gasteiger partial charge in [-0.15, -0.1) is 0 Å². The van der Waals surface area contributed by atoms with Crippen molar-refractivity contribution >= 4 is 32.7 Å². The molecular formula is C28H32FN7O3S. The molecule has 1 aliphatic heterocycles. The van der Waals surface area contributed by atoms with E-state index in [2.05, 4.69) is 44.6 Å². The lowest BCUT2D eigenvalue weighted by Crippen LogP contribution is -2.63. The van der Waals surface area contributed by atoms with Crippen LogP contribution in [0.5, 0.6) is 0 Å². The van der Waals surface area contributed by atoms with Crippen LogP contribution in [0.15, 0.2) is 49.2 Å². The van der Waals surface area contributed by atoms with Gasteiger partial charge < -0.3 is 18.9 Å². The molecule has 40 heavy (non-hydrogen) atoms. The minimum Gasteiger partial charge on any atom is -0.465 e. The lowest BCUT2D eigenvalue weighted by molar-refractivity contribution is 0.0600. The SMILES string of the molecule is COC(=O)c1ccc(N2CC(CC#N)(n3cc(-c4ncnc5c4ccn5COCCS(C)(C)C)cn3)C2)c(F)c1. The monoisotopic (exact) mass is 565 g/mol. The van der Waals surface area contributed by atoms with Crippen LogP contribution in [0.1, 0.15) is 16.8 Å². The van der Waals surface area contributed by atoms with Gasteiger partial charge in [-0.1, -0.05) is 0 Å². The highest BCUT2D eigenvalue weighted by Gasteiger charge is 2.46. The average molecular weight is 566 g/mol. The second-order valence-corrected chi connectivity index (χ2v) is 15.4. The second kappa shape index (κ2) is 10.9. The number of carbonyl (C=O) groups is 1. The molecule has 4 heterocycles. The fourth-order valence-electron chi connectivity index (χ4n) is 4.84. The minimum absolute atomic E-state index is 0.145. The molecule has 0 radical (unpaired) electrons. The number of nitriles is 1. The third-order valence-electron chi connectivity index (χ3n) is 7.06. The highest BCUT2D eigenvalue weighted by atomic mass is 32.3. The van der Waals surface area contributed by atoms with Crippen LogP contribution >= 0.6 is 10.0 Å². The van der Waals surface area contributed by atoms with Crippen molar-refractivity contribution in [3.05, 3.63) is 60.6 Å². The van der Waals surface area contributed by atoms with Gasteiger partial charge >= 0.3 is 5.97 Å². The van der Waals surface area contributed by atoms with Gasteiger partial charge in [-0.2, -0.15) is 10.4 Å². The van der Waals surface area contributed by atoms with Crippen molar-refractivity contribution < 1.29 is 18.7 Å². The number of hydrogen-bond donors (Lipinski definition) is 0. The normalized spacial score (nSPS) is 15.1. The van der Waals surface area contributed by atoms with E-state index in [1.807, 2.05) is 27.9 Å². The second-order valence-electron chi connectivity index (χ2n) is 10.8. The summed E-state index contributed by atoms with van der Waals surface area (Å²) >= 11 is 0. The van der Waals surface area contributed by atoms with Gasteiger partial charge in [0, 0.05) is 42.2 Å². The lowest BCUT2D eigenvalue weighted by atomic mass is 9.86. The van der Waals surface area contributed by atoms with Crippen LogP contribution in [0.2, 0.25) is 0 Å². The molecule has 1 fully saturated rings. The van der Waals surface area contributed by atoms with Crippen LogP contribution < -0.4 is 4.90 Å². The summed E-state index contributed by atoms with van der Waals surface area (Å²) in [4.78, 5) is 22.6. The summed E-state index contributed by atoms with van der Waals surface area (Å²) < 4.78 is 29.1. The summed E-state index contributed by atoms with van der Waals surface area (Å²) in [6.45, 7) is 1.88. The molecule has 1 saturated heterocycles. The van der Waals surface area contributed by atoms with Crippen molar-refractivity contribution in [1.82, 2.24) is 24.3 Å². The highest BCUT2D eigenvalue weighted by Crippen LogP contribution is 2.38. The van der Waals surface area contributed by atoms with E-state index in [1.54, 1.807) is 16.9 Å². The summed E-state index contributed by atoms with van der Waals surface area (Å²) in [5.74, 6) is -0.0786. The first-order valence-corrected chi connectivity index (χ1v) is 15.8. The van der Waals surface area contributed by atoms with Gasteiger partial charge in [0.25, 0.3) is 0 Å². The summed E-state index contributed by atoms with van der Waals surface area (Å²) in [5, 5.41) is 15.1. The van der Waals surface area contributed by atoms with Crippen LogP contribution in [0.3, 0.4) is 0 Å². The highest BCUT2D eigenvalue weighted by molar-refractivity contribution is 8.32. The number of benzene rings is 1. The van der Waals surface area contributed by atoms with Crippen molar-refractivity contribution in [3.8, 4) is 17.3 Å². The molecule has 210 valence electrons. The number of ether oxygens (including phenoxy) is 2. The molecule has 5 rings (SSSR count). The van der Waals surface area contributed by atoms with E-state index in [0.717, 1.165) is 28.0 Å². The molecule has 0 amide bonds. The molecule has 3 aromatic heterocycles. The summed E-state index contributed by atoms with van der Waals surface area (Å²) in [7, 11) is 0.637. The summed E-state index contributed by atoms with van der Waals surface area (Å²) in [6, 6.07) is 8.49. The van der Waals surface area contributed by atoms with E-state index in [1.165, 1.54) is 25.6 Å². The maximum atomic E-state index is 14.8. The minimum atomic E-state index is -0.624. The first kappa shape index (κ1) is 27.6. The Morgan fingerprint density at radius 1 is 1.23 bits per heavy atom. The number of methoxy groups -OCH3 is 1. The molecule has 10 nitrogen and oxygen atoms in total. The third-order valence-corrected chi connectivity index (χ3v) is 8.45. The van der Waals surface area contributed by atoms with Crippen molar-refractivity contribution in [2.75, 3.05) is 56.2 Å². The van der Waals surface area contributed by atoms with Crippen molar-refractivity contribution in [2.45, 2.75) is 18.7 Å². The number of carbonyl (C=O) groups excluding carboxylic acids is 1. The molecule has 0 spiro atoms.